The number of anilines is 5. The second-order valence-electron chi connectivity index (χ2n) is 29.2. The van der Waals surface area contributed by atoms with E-state index >= 15 is 0 Å². The zero-order valence-electron chi connectivity index (χ0n) is 67.6. The van der Waals surface area contributed by atoms with Crippen LogP contribution in [0.4, 0.5) is 34.1 Å². The van der Waals surface area contributed by atoms with Gasteiger partial charge >= 0.3 is 0 Å². The van der Waals surface area contributed by atoms with Crippen LogP contribution in [0.5, 0.6) is 0 Å². The number of nitrogen functional groups attached to an aromatic ring is 5. The number of hydrogen-bond donors (Lipinski definition) is 5. The highest BCUT2D eigenvalue weighted by Gasteiger charge is 2.28. The first-order chi connectivity index (χ1) is 60.6. The molecule has 1 aliphatic carbocycles. The van der Waals surface area contributed by atoms with Crippen LogP contribution in [0.1, 0.15) is 53.6 Å². The number of aryl methyl sites for hydroxylation is 4. The van der Waals surface area contributed by atoms with Crippen molar-refractivity contribution >= 4 is 84.3 Å². The van der Waals surface area contributed by atoms with Crippen LogP contribution >= 0.6 is 0 Å². The lowest BCUT2D eigenvalue weighted by Gasteiger charge is -2.11. The Bertz CT molecular complexity index is 7140. The van der Waals surface area contributed by atoms with Gasteiger partial charge in [-0.1, -0.05) is 183 Å². The average molecular weight is 1630 g/mol. The van der Waals surface area contributed by atoms with Gasteiger partial charge < -0.3 is 28.7 Å². The first-order valence-electron chi connectivity index (χ1n) is 39.8. The van der Waals surface area contributed by atoms with Gasteiger partial charge in [-0.2, -0.15) is 0 Å². The van der Waals surface area contributed by atoms with Crippen LogP contribution < -0.4 is 28.7 Å². The maximum absolute atomic E-state index is 14.6. The fourth-order valence-corrected chi connectivity index (χ4v) is 14.6. The van der Waals surface area contributed by atoms with Crippen LogP contribution in [-0.4, -0.2) is 106 Å². The van der Waals surface area contributed by atoms with E-state index in [0.717, 1.165) is 145 Å². The van der Waals surface area contributed by atoms with Crippen LogP contribution in [0.3, 0.4) is 0 Å². The predicted molar refractivity (Wildman–Crippen MR) is 485 cm³/mol. The van der Waals surface area contributed by atoms with Crippen LogP contribution in [0, 0.1) is 26.6 Å². The molecule has 0 radical (unpaired) electrons. The molecule has 10 heterocycles. The maximum atomic E-state index is 14.6. The third kappa shape index (κ3) is 17.5. The number of aromatic nitrogens is 21. The van der Waals surface area contributed by atoms with E-state index in [0.29, 0.717) is 45.5 Å². The highest BCUT2D eigenvalue weighted by Crippen LogP contribution is 2.45. The lowest BCUT2D eigenvalue weighted by Crippen LogP contribution is -2.02. The fraction of sp³-hybridized carbons (Fsp3) is 0.0825. The van der Waals surface area contributed by atoms with Crippen molar-refractivity contribution in [3.05, 3.63) is 326 Å². The normalized spacial score (nSPS) is 11.5. The number of rotatable bonds is 12. The summed E-state index contributed by atoms with van der Waals surface area (Å²) in [7, 11) is 0. The summed E-state index contributed by atoms with van der Waals surface area (Å²) in [5.41, 5.74) is 54.5. The van der Waals surface area contributed by atoms with E-state index in [2.05, 4.69) is 162 Å². The van der Waals surface area contributed by atoms with Crippen molar-refractivity contribution in [3.63, 3.8) is 0 Å². The van der Waals surface area contributed by atoms with E-state index in [-0.39, 0.29) is 29.7 Å². The average Bonchev–Trinajstić information content (AvgIpc) is 1.21. The summed E-state index contributed by atoms with van der Waals surface area (Å²) < 4.78 is 14.6. The number of fused-ring (bicyclic) bond motifs is 5. The molecule has 10 N–H and O–H groups in total. The quantitative estimate of drug-likeness (QED) is 0.0758. The van der Waals surface area contributed by atoms with Crippen LogP contribution in [0.15, 0.2) is 292 Å². The number of nitrogens with two attached hydrogens (primary N) is 5. The summed E-state index contributed by atoms with van der Waals surface area (Å²) in [6, 6.07) is 84.7. The Labute approximate surface area is 710 Å². The zero-order valence-corrected chi connectivity index (χ0v) is 67.6. The molecule has 26 nitrogen and oxygen atoms in total. The molecule has 0 bridgehead atoms. The Morgan fingerprint density at radius 2 is 0.653 bits per heavy atom. The van der Waals surface area contributed by atoms with Crippen molar-refractivity contribution in [3.8, 4) is 113 Å². The van der Waals surface area contributed by atoms with Gasteiger partial charge in [-0.3, -0.25) is 19.9 Å². The van der Waals surface area contributed by atoms with Crippen molar-refractivity contribution in [2.45, 2.75) is 52.9 Å². The molecule has 1 aliphatic rings. The van der Waals surface area contributed by atoms with Gasteiger partial charge in [-0.25, -0.2) is 39.3 Å². The summed E-state index contributed by atoms with van der Waals surface area (Å²) >= 11 is 0. The molecule has 21 rings (SSSR count). The molecule has 27 heteroatoms. The molecule has 0 unspecified atom stereocenters. The largest absolute Gasteiger partial charge is 0.366 e. The molecule has 20 aromatic rings. The first-order valence-corrected chi connectivity index (χ1v) is 39.8. The Kier molecular flexibility index (Phi) is 23.0. The summed E-state index contributed by atoms with van der Waals surface area (Å²) in [6.45, 7) is 8.06. The van der Waals surface area contributed by atoms with Gasteiger partial charge in [-0.15, -0.1) is 51.0 Å². The maximum Gasteiger partial charge on any atom is 0.240 e. The van der Waals surface area contributed by atoms with E-state index < -0.39 is 5.82 Å². The molecule has 10 aromatic carbocycles. The van der Waals surface area contributed by atoms with E-state index in [9.17, 15) is 4.39 Å². The van der Waals surface area contributed by atoms with E-state index in [4.69, 9.17) is 28.7 Å². The zero-order chi connectivity index (χ0) is 85.2. The number of benzene rings is 10. The van der Waals surface area contributed by atoms with Crippen LogP contribution in [0.25, 0.3) is 167 Å². The van der Waals surface area contributed by atoms with Gasteiger partial charge in [0.05, 0.1) is 22.1 Å². The summed E-state index contributed by atoms with van der Waals surface area (Å²) in [5, 5.41) is 46.2. The summed E-state index contributed by atoms with van der Waals surface area (Å²) in [4.78, 5) is 48.2. The predicted octanol–water partition coefficient (Wildman–Crippen LogP) is 18.6. The lowest BCUT2D eigenvalue weighted by molar-refractivity contribution is 0.637. The third-order valence-electron chi connectivity index (χ3n) is 20.8. The Hall–Kier alpha value is -16.8. The van der Waals surface area contributed by atoms with E-state index in [1.807, 2.05) is 245 Å². The van der Waals surface area contributed by atoms with Crippen molar-refractivity contribution < 1.29 is 4.39 Å². The van der Waals surface area contributed by atoms with Gasteiger partial charge in [-0.05, 0) is 153 Å². The number of halogens is 1. The monoisotopic (exact) mass is 1620 g/mol. The van der Waals surface area contributed by atoms with Crippen molar-refractivity contribution in [2.75, 3.05) is 28.7 Å². The minimum atomic E-state index is -0.408. The smallest absolute Gasteiger partial charge is 0.240 e. The Morgan fingerprint density at radius 3 is 1.09 bits per heavy atom. The molecule has 0 saturated heterocycles. The fourth-order valence-electron chi connectivity index (χ4n) is 14.6. The number of pyridine rings is 4. The molecule has 0 atom stereocenters. The number of nitrogens with zero attached hydrogens (tertiary/aromatic N) is 21. The minimum absolute atomic E-state index is 0.0710. The molecule has 10 aromatic heterocycles. The number of hydrogen-bond acceptors (Lipinski definition) is 26. The van der Waals surface area contributed by atoms with Gasteiger partial charge in [0.25, 0.3) is 0 Å². The van der Waals surface area contributed by atoms with Crippen molar-refractivity contribution in [1.82, 2.24) is 106 Å². The lowest BCUT2D eigenvalue weighted by atomic mass is 9.97. The van der Waals surface area contributed by atoms with E-state index in [1.165, 1.54) is 35.6 Å². The van der Waals surface area contributed by atoms with Gasteiger partial charge in [0.2, 0.25) is 29.7 Å². The molecule has 0 spiro atoms. The molecule has 1 saturated carbocycles. The molecule has 0 aliphatic heterocycles. The SMILES string of the molecule is CCc1cc(-c2nnc(N)nc2-c2ccccc2)cc2cccnc12.Cc1ccnc2c(F)cc(-c3nnc(N)nc3-c3ccccc3)cc12.Cc1ccnc2ccc(-c3nnc(N)nc3-c3ccccc3)cc12.Cc1ncnc2ccc(-c3nnc(N)nc3-c3ccccc3)cc12.Nc1nnc(-c2cc(C3CC3)c3ncccc3c2)c(-c2ccccc2)n1. The molecular formula is C97H77FN26. The first kappa shape index (κ1) is 79.6. The standard InChI is InChI=1S/C21H17N5.C20H17N5.C19H14FN5.C19H15N5.C18H14N6/c22-21-24-19(14-5-2-1-3-6-14)20(25-26-21)16-11-15-7-4-10-23-18(15)17(12-16)13-8-9-13;1-2-13-11-16(12-15-9-6-10-22-17(13)15)19-18(23-20(21)25-24-19)14-7-4-3-5-8-14;1-11-7-8-22-18-14(11)9-13(10-15(18)20)17-16(23-19(21)25-24-17)12-5-3-2-4-6-12;1-12-9-10-21-16-8-7-14(11-15(12)16)18-17(22-19(20)24-23-18)13-5-3-2-4-6-13;1-11-14-9-13(7-8-15(14)21-10-20-11)17-16(22-18(19)24-23-17)12-5-3-2-4-6-12/h1-7,10-13H,8-9H2,(H2,22,24,26);3-12H,2H2,1H3,(H2,21,23,25);2-10H,1H3,(H2,21,23,25);2-11H,1H3,(H2,20,22,24);2-10H,1H3,(H2,19,22,24). The highest BCUT2D eigenvalue weighted by atomic mass is 19.1. The third-order valence-corrected chi connectivity index (χ3v) is 20.8. The Morgan fingerprint density at radius 1 is 0.290 bits per heavy atom. The van der Waals surface area contributed by atoms with E-state index in [1.54, 1.807) is 12.5 Å². The highest BCUT2D eigenvalue weighted by molar-refractivity contribution is 5.95. The second-order valence-corrected chi connectivity index (χ2v) is 29.2. The minimum Gasteiger partial charge on any atom is -0.366 e. The second kappa shape index (κ2) is 35.8. The van der Waals surface area contributed by atoms with Gasteiger partial charge in [0.15, 0.2) is 0 Å². The molecule has 124 heavy (non-hydrogen) atoms. The van der Waals surface area contributed by atoms with Crippen LogP contribution in [0.2, 0.25) is 0 Å². The van der Waals surface area contributed by atoms with Crippen molar-refractivity contribution in [1.29, 1.82) is 0 Å². The van der Waals surface area contributed by atoms with Crippen molar-refractivity contribution in [2.24, 2.45) is 0 Å². The Balaban J connectivity index is 0.000000110. The topological polar surface area (TPSA) is 401 Å². The molecule has 0 amide bonds. The van der Waals surface area contributed by atoms with Gasteiger partial charge in [0, 0.05) is 113 Å². The summed E-state index contributed by atoms with van der Waals surface area (Å²) in [5.74, 6) is 0.908. The molecule has 602 valence electrons. The van der Waals surface area contributed by atoms with Gasteiger partial charge in [0.1, 0.15) is 74.6 Å². The summed E-state index contributed by atoms with van der Waals surface area (Å²) in [6.07, 6.45) is 12.0. The molecular weight excluding hydrogens is 1550 g/mol. The van der Waals surface area contributed by atoms with Crippen LogP contribution in [-0.2, 0) is 6.42 Å². The molecule has 1 fully saturated rings.